The molecule has 0 spiro atoms. The molecule has 0 aliphatic carbocycles. The standard InChI is InChI=1S/C23H30N4O2/c28-23(20-9-14-29-15-10-20)27-13-3-4-19(17-27)7-6-18-8-12-25-22(16-18)26-21-5-1-2-11-24-21/h1-2,5,8,11-12,16,19-20H,3-4,6-7,9-10,13-15,17H2,(H,24,25,26). The van der Waals surface area contributed by atoms with E-state index in [0.29, 0.717) is 11.8 Å². The van der Waals surface area contributed by atoms with Crippen molar-refractivity contribution in [2.24, 2.45) is 11.8 Å². The van der Waals surface area contributed by atoms with Gasteiger partial charge in [-0.2, -0.15) is 0 Å². The van der Waals surface area contributed by atoms with Gasteiger partial charge in [0.15, 0.2) is 0 Å². The first-order valence-corrected chi connectivity index (χ1v) is 10.8. The summed E-state index contributed by atoms with van der Waals surface area (Å²) in [6.07, 6.45) is 9.80. The molecular weight excluding hydrogens is 364 g/mol. The van der Waals surface area contributed by atoms with Crippen molar-refractivity contribution in [3.8, 4) is 0 Å². The van der Waals surface area contributed by atoms with E-state index in [-0.39, 0.29) is 5.92 Å². The molecule has 1 amide bonds. The Hall–Kier alpha value is -2.47. The molecule has 2 aromatic rings. The minimum Gasteiger partial charge on any atom is -0.381 e. The number of ether oxygens (including phenoxy) is 1. The van der Waals surface area contributed by atoms with Crippen LogP contribution < -0.4 is 5.32 Å². The summed E-state index contributed by atoms with van der Waals surface area (Å²) in [5.41, 5.74) is 1.27. The molecule has 2 aliphatic rings. The van der Waals surface area contributed by atoms with Crippen molar-refractivity contribution in [1.29, 1.82) is 0 Å². The lowest BCUT2D eigenvalue weighted by Gasteiger charge is -2.36. The van der Waals surface area contributed by atoms with E-state index < -0.39 is 0 Å². The highest BCUT2D eigenvalue weighted by atomic mass is 16.5. The van der Waals surface area contributed by atoms with E-state index in [1.165, 1.54) is 12.0 Å². The predicted octanol–water partition coefficient (Wildman–Crippen LogP) is 3.82. The number of nitrogens with one attached hydrogen (secondary N) is 1. The Balaban J connectivity index is 1.29. The second kappa shape index (κ2) is 9.83. The summed E-state index contributed by atoms with van der Waals surface area (Å²) in [5.74, 6) is 2.72. The molecule has 2 saturated heterocycles. The van der Waals surface area contributed by atoms with Crippen molar-refractivity contribution in [1.82, 2.24) is 14.9 Å². The Kier molecular flexibility index (Phi) is 6.72. The summed E-state index contributed by atoms with van der Waals surface area (Å²) in [6.45, 7) is 3.27. The molecule has 1 atom stereocenters. The smallest absolute Gasteiger partial charge is 0.225 e. The van der Waals surface area contributed by atoms with Gasteiger partial charge in [0.2, 0.25) is 5.91 Å². The van der Waals surface area contributed by atoms with Crippen LogP contribution in [-0.4, -0.2) is 47.1 Å². The quantitative estimate of drug-likeness (QED) is 0.807. The van der Waals surface area contributed by atoms with Gasteiger partial charge in [-0.25, -0.2) is 9.97 Å². The van der Waals surface area contributed by atoms with Crippen LogP contribution >= 0.6 is 0 Å². The zero-order valence-corrected chi connectivity index (χ0v) is 16.9. The average molecular weight is 395 g/mol. The maximum atomic E-state index is 12.8. The molecule has 2 aliphatic heterocycles. The van der Waals surface area contributed by atoms with E-state index in [1.807, 2.05) is 24.4 Å². The van der Waals surface area contributed by atoms with Crippen molar-refractivity contribution in [3.05, 3.63) is 48.3 Å². The maximum absolute atomic E-state index is 12.8. The Morgan fingerprint density at radius 2 is 1.97 bits per heavy atom. The fourth-order valence-corrected chi connectivity index (χ4v) is 4.34. The number of pyridine rings is 2. The monoisotopic (exact) mass is 394 g/mol. The molecule has 0 saturated carbocycles. The highest BCUT2D eigenvalue weighted by Gasteiger charge is 2.29. The number of carbonyl (C=O) groups excluding carboxylic acids is 1. The van der Waals surface area contributed by atoms with Crippen LogP contribution in [0, 0.1) is 11.8 Å². The highest BCUT2D eigenvalue weighted by molar-refractivity contribution is 5.79. The Morgan fingerprint density at radius 3 is 2.79 bits per heavy atom. The molecule has 0 bridgehead atoms. The largest absolute Gasteiger partial charge is 0.381 e. The van der Waals surface area contributed by atoms with Gasteiger partial charge in [0.1, 0.15) is 11.6 Å². The second-order valence-corrected chi connectivity index (χ2v) is 8.11. The summed E-state index contributed by atoms with van der Waals surface area (Å²) in [7, 11) is 0. The highest BCUT2D eigenvalue weighted by Crippen LogP contribution is 2.26. The van der Waals surface area contributed by atoms with E-state index >= 15 is 0 Å². The first-order valence-electron chi connectivity index (χ1n) is 10.8. The topological polar surface area (TPSA) is 67.3 Å². The molecule has 154 valence electrons. The SMILES string of the molecule is O=C(C1CCOCC1)N1CCCC(CCc2ccnc(Nc3ccccn3)c2)C1. The lowest BCUT2D eigenvalue weighted by atomic mass is 9.90. The molecule has 4 rings (SSSR count). The zero-order valence-electron chi connectivity index (χ0n) is 16.9. The molecule has 1 unspecified atom stereocenters. The lowest BCUT2D eigenvalue weighted by molar-refractivity contribution is -0.140. The molecular formula is C23H30N4O2. The number of hydrogen-bond donors (Lipinski definition) is 1. The number of amides is 1. The Labute approximate surface area is 172 Å². The molecule has 4 heterocycles. The number of anilines is 2. The van der Waals surface area contributed by atoms with Gasteiger partial charge in [-0.1, -0.05) is 6.07 Å². The van der Waals surface area contributed by atoms with Gasteiger partial charge in [-0.05, 0) is 74.3 Å². The van der Waals surface area contributed by atoms with Crippen molar-refractivity contribution >= 4 is 17.5 Å². The van der Waals surface area contributed by atoms with Crippen molar-refractivity contribution in [2.75, 3.05) is 31.6 Å². The van der Waals surface area contributed by atoms with Gasteiger partial charge in [-0.3, -0.25) is 4.79 Å². The van der Waals surface area contributed by atoms with Crippen LogP contribution in [0.5, 0.6) is 0 Å². The average Bonchev–Trinajstić information content (AvgIpc) is 2.79. The van der Waals surface area contributed by atoms with Gasteiger partial charge < -0.3 is 15.0 Å². The number of nitrogens with zero attached hydrogens (tertiary/aromatic N) is 3. The molecule has 29 heavy (non-hydrogen) atoms. The third-order valence-electron chi connectivity index (χ3n) is 5.99. The van der Waals surface area contributed by atoms with Crippen LogP contribution in [0.2, 0.25) is 0 Å². The van der Waals surface area contributed by atoms with E-state index in [0.717, 1.165) is 70.0 Å². The van der Waals surface area contributed by atoms with Gasteiger partial charge in [0.05, 0.1) is 0 Å². The minimum atomic E-state index is 0.169. The minimum absolute atomic E-state index is 0.169. The molecule has 0 radical (unpaired) electrons. The molecule has 2 aromatic heterocycles. The van der Waals surface area contributed by atoms with Crippen LogP contribution in [-0.2, 0) is 16.0 Å². The van der Waals surface area contributed by atoms with Crippen LogP contribution in [0.3, 0.4) is 0 Å². The summed E-state index contributed by atoms with van der Waals surface area (Å²) in [6, 6.07) is 9.96. The second-order valence-electron chi connectivity index (χ2n) is 8.11. The van der Waals surface area contributed by atoms with Gasteiger partial charge in [0.25, 0.3) is 0 Å². The van der Waals surface area contributed by atoms with Crippen LogP contribution in [0.15, 0.2) is 42.7 Å². The van der Waals surface area contributed by atoms with E-state index in [2.05, 4.69) is 32.3 Å². The summed E-state index contributed by atoms with van der Waals surface area (Å²) in [4.78, 5) is 23.6. The number of rotatable bonds is 6. The molecule has 6 nitrogen and oxygen atoms in total. The number of likely N-dealkylation sites (tertiary alicyclic amines) is 1. The van der Waals surface area contributed by atoms with Crippen LogP contribution in [0.25, 0.3) is 0 Å². The maximum Gasteiger partial charge on any atom is 0.225 e. The van der Waals surface area contributed by atoms with E-state index in [4.69, 9.17) is 4.74 Å². The summed E-state index contributed by atoms with van der Waals surface area (Å²) >= 11 is 0. The number of aromatic nitrogens is 2. The van der Waals surface area contributed by atoms with E-state index in [9.17, 15) is 4.79 Å². The normalized spacial score (nSPS) is 20.4. The first kappa shape index (κ1) is 19.8. The summed E-state index contributed by atoms with van der Waals surface area (Å²) in [5, 5.41) is 3.26. The molecule has 0 aromatic carbocycles. The Morgan fingerprint density at radius 1 is 1.10 bits per heavy atom. The molecule has 1 N–H and O–H groups in total. The Bertz CT molecular complexity index is 792. The molecule has 6 heteroatoms. The number of piperidine rings is 1. The third-order valence-corrected chi connectivity index (χ3v) is 5.99. The number of carbonyl (C=O) groups is 1. The van der Waals surface area contributed by atoms with Crippen LogP contribution in [0.1, 0.15) is 37.7 Å². The predicted molar refractivity (Wildman–Crippen MR) is 113 cm³/mol. The van der Waals surface area contributed by atoms with Gasteiger partial charge >= 0.3 is 0 Å². The van der Waals surface area contributed by atoms with Gasteiger partial charge in [0, 0.05) is 44.6 Å². The zero-order chi connectivity index (χ0) is 19.9. The van der Waals surface area contributed by atoms with Crippen molar-refractivity contribution in [2.45, 2.75) is 38.5 Å². The third kappa shape index (κ3) is 5.54. The first-order chi connectivity index (χ1) is 14.3. The van der Waals surface area contributed by atoms with E-state index in [1.54, 1.807) is 6.20 Å². The molecule has 2 fully saturated rings. The lowest BCUT2D eigenvalue weighted by Crippen LogP contribution is -2.44. The summed E-state index contributed by atoms with van der Waals surface area (Å²) < 4.78 is 5.41. The number of hydrogen-bond acceptors (Lipinski definition) is 5. The van der Waals surface area contributed by atoms with Gasteiger partial charge in [-0.15, -0.1) is 0 Å². The fraction of sp³-hybridized carbons (Fsp3) is 0.522. The van der Waals surface area contributed by atoms with Crippen LogP contribution in [0.4, 0.5) is 11.6 Å². The van der Waals surface area contributed by atoms with Crippen molar-refractivity contribution in [3.63, 3.8) is 0 Å². The van der Waals surface area contributed by atoms with Crippen molar-refractivity contribution < 1.29 is 9.53 Å². The number of aryl methyl sites for hydroxylation is 1. The fourth-order valence-electron chi connectivity index (χ4n) is 4.34.